The summed E-state index contributed by atoms with van der Waals surface area (Å²) in [6, 6.07) is 8.07. The highest BCUT2D eigenvalue weighted by atomic mass is 32.1. The van der Waals surface area contributed by atoms with E-state index in [-0.39, 0.29) is 5.48 Å². The lowest BCUT2D eigenvalue weighted by atomic mass is 10.4. The lowest BCUT2D eigenvalue weighted by molar-refractivity contribution is 0.534. The predicted octanol–water partition coefficient (Wildman–Crippen LogP) is 1.85. The van der Waals surface area contributed by atoms with Crippen LogP contribution in [0.3, 0.4) is 0 Å². The number of hydrogen-bond donors (Lipinski definition) is 2. The van der Waals surface area contributed by atoms with Gasteiger partial charge < -0.3 is 16.1 Å². The summed E-state index contributed by atoms with van der Waals surface area (Å²) in [7, 11) is 0. The van der Waals surface area contributed by atoms with E-state index in [9.17, 15) is 0 Å². The summed E-state index contributed by atoms with van der Waals surface area (Å²) < 4.78 is 0. The fourth-order valence-electron chi connectivity index (χ4n) is 1.06. The second-order valence-corrected chi connectivity index (χ2v) is 4.72. The normalized spacial score (nSPS) is 13.2. The van der Waals surface area contributed by atoms with E-state index in [0.717, 1.165) is 26.2 Å². The Labute approximate surface area is 111 Å². The molecule has 96 valence electrons. The number of rotatable bonds is 0. The zero-order valence-electron chi connectivity index (χ0n) is 9.76. The first-order chi connectivity index (χ1) is 8.00. The summed E-state index contributed by atoms with van der Waals surface area (Å²) in [5.41, 5.74) is 0. The van der Waals surface area contributed by atoms with Gasteiger partial charge in [0, 0.05) is 26.2 Å². The molecule has 0 bridgehead atoms. The monoisotopic (exact) mass is 272 g/mol. The van der Waals surface area contributed by atoms with Crippen LogP contribution < -0.4 is 10.6 Å². The molecule has 4 N–H and O–H groups in total. The lowest BCUT2D eigenvalue weighted by Gasteiger charge is -2.11. The minimum Gasteiger partial charge on any atom is -0.412 e. The van der Waals surface area contributed by atoms with Gasteiger partial charge in [-0.25, -0.2) is 0 Å². The van der Waals surface area contributed by atoms with E-state index < -0.39 is 0 Å². The van der Waals surface area contributed by atoms with Crippen LogP contribution in [-0.4, -0.2) is 31.7 Å². The first-order valence-corrected chi connectivity index (χ1v) is 7.24. The molecule has 3 nitrogen and oxygen atoms in total. The van der Waals surface area contributed by atoms with Gasteiger partial charge in [-0.15, -0.1) is 0 Å². The predicted molar refractivity (Wildman–Crippen MR) is 78.0 cm³/mol. The van der Waals surface area contributed by atoms with Gasteiger partial charge >= 0.3 is 0 Å². The van der Waals surface area contributed by atoms with Crippen molar-refractivity contribution in [3.05, 3.63) is 45.8 Å². The fourth-order valence-corrected chi connectivity index (χ4v) is 1.96. The van der Waals surface area contributed by atoms with Gasteiger partial charge in [-0.3, -0.25) is 0 Å². The van der Waals surface area contributed by atoms with E-state index in [1.54, 1.807) is 22.7 Å². The maximum Gasteiger partial charge on any atom is 0.00772 e. The average Bonchev–Trinajstić information content (AvgIpc) is 3.10. The highest BCUT2D eigenvalue weighted by Crippen LogP contribution is 1.92. The van der Waals surface area contributed by atoms with Crippen molar-refractivity contribution in [2.75, 3.05) is 26.2 Å². The van der Waals surface area contributed by atoms with Crippen LogP contribution in [0.1, 0.15) is 0 Å². The molecule has 2 aromatic rings. The summed E-state index contributed by atoms with van der Waals surface area (Å²) in [5.74, 6) is 0. The first-order valence-electron chi connectivity index (χ1n) is 5.36. The Bertz CT molecular complexity index is 222. The Kier molecular flexibility index (Phi) is 12.8. The van der Waals surface area contributed by atoms with E-state index in [4.69, 9.17) is 0 Å². The van der Waals surface area contributed by atoms with Gasteiger partial charge in [0.25, 0.3) is 0 Å². The van der Waals surface area contributed by atoms with Crippen LogP contribution in [0.15, 0.2) is 45.8 Å². The van der Waals surface area contributed by atoms with E-state index in [1.165, 1.54) is 0 Å². The molecule has 0 atom stereocenters. The molecule has 0 unspecified atom stereocenters. The van der Waals surface area contributed by atoms with Crippen molar-refractivity contribution >= 4 is 22.7 Å². The Morgan fingerprint density at radius 2 is 0.882 bits per heavy atom. The Hall–Kier alpha value is -0.720. The van der Waals surface area contributed by atoms with Crippen molar-refractivity contribution in [1.82, 2.24) is 10.6 Å². The molecular weight excluding hydrogens is 252 g/mol. The lowest BCUT2D eigenvalue weighted by Crippen LogP contribution is -2.39. The molecule has 0 saturated carbocycles. The second-order valence-electron chi connectivity index (χ2n) is 3.09. The van der Waals surface area contributed by atoms with E-state index >= 15 is 0 Å². The van der Waals surface area contributed by atoms with Crippen LogP contribution in [0.4, 0.5) is 0 Å². The first kappa shape index (κ1) is 16.3. The largest absolute Gasteiger partial charge is 0.412 e. The van der Waals surface area contributed by atoms with Crippen molar-refractivity contribution in [1.29, 1.82) is 0 Å². The molecule has 5 heteroatoms. The zero-order valence-corrected chi connectivity index (χ0v) is 11.4. The molecule has 0 radical (unpaired) electrons. The molecule has 1 aliphatic rings. The van der Waals surface area contributed by atoms with Gasteiger partial charge in [0.2, 0.25) is 0 Å². The van der Waals surface area contributed by atoms with Gasteiger partial charge in [-0.2, -0.15) is 22.7 Å². The van der Waals surface area contributed by atoms with Crippen molar-refractivity contribution in [2.24, 2.45) is 0 Å². The SMILES string of the molecule is C1CNCCN1.O.c1ccsc1.c1ccsc1. The Balaban J connectivity index is 0.000000221. The highest BCUT2D eigenvalue weighted by Gasteiger charge is 1.91. The van der Waals surface area contributed by atoms with Gasteiger partial charge in [0.05, 0.1) is 0 Å². The molecule has 17 heavy (non-hydrogen) atoms. The van der Waals surface area contributed by atoms with Gasteiger partial charge in [0.1, 0.15) is 0 Å². The number of nitrogens with one attached hydrogen (secondary N) is 2. The van der Waals surface area contributed by atoms with Gasteiger partial charge in [0.15, 0.2) is 0 Å². The molecule has 3 heterocycles. The van der Waals surface area contributed by atoms with Crippen LogP contribution in [0.5, 0.6) is 0 Å². The van der Waals surface area contributed by atoms with E-state index in [1.807, 2.05) is 45.8 Å². The average molecular weight is 272 g/mol. The number of thiophene rings is 2. The summed E-state index contributed by atoms with van der Waals surface area (Å²) in [6.07, 6.45) is 0. The maximum absolute atomic E-state index is 3.22. The second kappa shape index (κ2) is 13.3. The van der Waals surface area contributed by atoms with Gasteiger partial charge in [-0.1, -0.05) is 24.3 Å². The van der Waals surface area contributed by atoms with Crippen LogP contribution in [0, 0.1) is 0 Å². The van der Waals surface area contributed by atoms with Crippen molar-refractivity contribution in [3.63, 3.8) is 0 Å². The van der Waals surface area contributed by atoms with Crippen LogP contribution in [0.25, 0.3) is 0 Å². The fraction of sp³-hybridized carbons (Fsp3) is 0.333. The van der Waals surface area contributed by atoms with Crippen LogP contribution >= 0.6 is 22.7 Å². The topological polar surface area (TPSA) is 55.6 Å². The molecular formula is C12H20N2OS2. The number of piperazine rings is 1. The molecule has 2 aromatic heterocycles. The third-order valence-corrected chi connectivity index (χ3v) is 3.06. The summed E-state index contributed by atoms with van der Waals surface area (Å²) in [5, 5.41) is 14.6. The Morgan fingerprint density at radius 1 is 0.588 bits per heavy atom. The van der Waals surface area contributed by atoms with E-state index in [2.05, 4.69) is 10.6 Å². The molecule has 1 saturated heterocycles. The zero-order chi connectivity index (χ0) is 11.3. The summed E-state index contributed by atoms with van der Waals surface area (Å²) in [4.78, 5) is 0. The molecule has 1 aliphatic heterocycles. The van der Waals surface area contributed by atoms with Crippen molar-refractivity contribution in [2.45, 2.75) is 0 Å². The number of hydrogen-bond acceptors (Lipinski definition) is 4. The van der Waals surface area contributed by atoms with Crippen molar-refractivity contribution < 1.29 is 5.48 Å². The van der Waals surface area contributed by atoms with E-state index in [0.29, 0.717) is 0 Å². The molecule has 1 fully saturated rings. The van der Waals surface area contributed by atoms with Crippen LogP contribution in [0.2, 0.25) is 0 Å². The smallest absolute Gasteiger partial charge is 0.00772 e. The molecule has 0 spiro atoms. The summed E-state index contributed by atoms with van der Waals surface area (Å²) in [6.45, 7) is 4.56. The molecule has 0 aromatic carbocycles. The molecule has 3 rings (SSSR count). The minimum atomic E-state index is 0. The standard InChI is InChI=1S/C4H10N2.2C4H4S.H2O/c1-2-6-4-3-5-1;2*1-2-4-5-3-1;/h5-6H,1-4H2;2*1-4H;1H2. The summed E-state index contributed by atoms with van der Waals surface area (Å²) >= 11 is 3.43. The maximum atomic E-state index is 3.22. The highest BCUT2D eigenvalue weighted by molar-refractivity contribution is 7.08. The third-order valence-electron chi connectivity index (χ3n) is 1.81. The molecule has 0 aliphatic carbocycles. The Morgan fingerprint density at radius 3 is 1.00 bits per heavy atom. The third kappa shape index (κ3) is 11.5. The quantitative estimate of drug-likeness (QED) is 0.769. The minimum absolute atomic E-state index is 0. The van der Waals surface area contributed by atoms with Crippen molar-refractivity contribution in [3.8, 4) is 0 Å². The van der Waals surface area contributed by atoms with Gasteiger partial charge in [-0.05, 0) is 21.5 Å². The van der Waals surface area contributed by atoms with Crippen LogP contribution in [-0.2, 0) is 0 Å². The molecule has 0 amide bonds.